The molecule has 2 aromatic rings. The molecule has 7 N–H and O–H groups in total. The van der Waals surface area contributed by atoms with Crippen LogP contribution in [-0.4, -0.2) is 146 Å². The number of urea groups is 1. The number of ether oxygens (including phenoxy) is 3. The van der Waals surface area contributed by atoms with Gasteiger partial charge in [0.25, 0.3) is 0 Å². The van der Waals surface area contributed by atoms with Gasteiger partial charge in [-0.3, -0.25) is 28.9 Å². The molecule has 3 rings (SSSR count). The Kier molecular flexibility index (Phi) is 23.9. The van der Waals surface area contributed by atoms with Crippen molar-refractivity contribution in [3.8, 4) is 0 Å². The maximum absolute atomic E-state index is 14.2. The van der Waals surface area contributed by atoms with E-state index in [1.807, 2.05) is 32.0 Å². The van der Waals surface area contributed by atoms with Gasteiger partial charge in [0.2, 0.25) is 29.5 Å². The van der Waals surface area contributed by atoms with E-state index in [2.05, 4.69) is 21.3 Å². The van der Waals surface area contributed by atoms with Crippen LogP contribution in [0.4, 0.5) is 15.3 Å². The molecule has 1 saturated heterocycles. The van der Waals surface area contributed by atoms with Crippen LogP contribution in [0.2, 0.25) is 0 Å². The molecule has 8 amide bonds. The number of amides is 8. The van der Waals surface area contributed by atoms with Crippen LogP contribution in [0.25, 0.3) is 0 Å². The first-order valence-electron chi connectivity index (χ1n) is 24.0. The zero-order valence-electron chi connectivity index (χ0n) is 42.2. The summed E-state index contributed by atoms with van der Waals surface area (Å²) in [5.41, 5.74) is 6.94. The number of benzene rings is 2. The van der Waals surface area contributed by atoms with Crippen molar-refractivity contribution in [1.29, 1.82) is 0 Å². The minimum Gasteiger partial charge on any atom is -0.445 e. The Bertz CT molecular complexity index is 1970. The number of nitrogens with one attached hydrogen (secondary N) is 4. The minimum absolute atomic E-state index is 0.0492. The van der Waals surface area contributed by atoms with Gasteiger partial charge in [-0.1, -0.05) is 83.5 Å². The van der Waals surface area contributed by atoms with E-state index in [4.69, 9.17) is 19.9 Å². The van der Waals surface area contributed by atoms with Crippen molar-refractivity contribution in [3.63, 3.8) is 0 Å². The van der Waals surface area contributed by atoms with Crippen LogP contribution < -0.4 is 27.0 Å². The number of primary amides is 1. The third-order valence-electron chi connectivity index (χ3n) is 13.0. The van der Waals surface area contributed by atoms with Crippen LogP contribution in [0.5, 0.6) is 0 Å². The third kappa shape index (κ3) is 17.3. The Labute approximate surface area is 407 Å². The summed E-state index contributed by atoms with van der Waals surface area (Å²) in [7, 11) is 6.10. The van der Waals surface area contributed by atoms with Crippen LogP contribution in [-0.2, 0) is 44.8 Å². The fourth-order valence-electron chi connectivity index (χ4n) is 8.91. The quantitative estimate of drug-likeness (QED) is 0.0688. The average molecular weight is 967 g/mol. The van der Waals surface area contributed by atoms with Crippen LogP contribution in [0.15, 0.2) is 54.6 Å². The number of rotatable bonds is 27. The number of carbonyl (C=O) groups excluding carboxylic acids is 7. The van der Waals surface area contributed by atoms with Crippen molar-refractivity contribution in [3.05, 3.63) is 65.7 Å². The summed E-state index contributed by atoms with van der Waals surface area (Å²) in [6.45, 7) is 11.4. The first-order valence-corrected chi connectivity index (χ1v) is 24.0. The summed E-state index contributed by atoms with van der Waals surface area (Å²) in [5, 5.41) is 21.8. The molecule has 1 aliphatic heterocycles. The van der Waals surface area contributed by atoms with Gasteiger partial charge < -0.3 is 56.1 Å². The maximum atomic E-state index is 14.2. The van der Waals surface area contributed by atoms with E-state index >= 15 is 0 Å². The molecule has 0 saturated carbocycles. The van der Waals surface area contributed by atoms with Crippen LogP contribution in [0.3, 0.4) is 0 Å². The smallest absolute Gasteiger partial charge is 0.410 e. The zero-order chi connectivity index (χ0) is 51.4. The van der Waals surface area contributed by atoms with E-state index in [1.165, 1.54) is 31.1 Å². The Morgan fingerprint density at radius 1 is 0.870 bits per heavy atom. The van der Waals surface area contributed by atoms with Crippen molar-refractivity contribution >= 4 is 47.3 Å². The molecule has 0 bridgehead atoms. The van der Waals surface area contributed by atoms with Gasteiger partial charge in [-0.2, -0.15) is 0 Å². The van der Waals surface area contributed by atoms with Crippen molar-refractivity contribution in [2.75, 3.05) is 53.3 Å². The Balaban J connectivity index is 1.59. The number of nitrogens with zero attached hydrogens (tertiary/aromatic N) is 3. The summed E-state index contributed by atoms with van der Waals surface area (Å²) < 4.78 is 17.4. The number of likely N-dealkylation sites (tertiary alicyclic amines) is 1. The predicted octanol–water partition coefficient (Wildman–Crippen LogP) is 4.33. The monoisotopic (exact) mass is 967 g/mol. The van der Waals surface area contributed by atoms with Gasteiger partial charge >= 0.3 is 12.1 Å². The van der Waals surface area contributed by atoms with Gasteiger partial charge in [0.15, 0.2) is 0 Å². The average Bonchev–Trinajstić information content (AvgIpc) is 3.82. The highest BCUT2D eigenvalue weighted by Gasteiger charge is 2.42. The molecule has 384 valence electrons. The minimum atomic E-state index is -0.975. The van der Waals surface area contributed by atoms with E-state index in [1.54, 1.807) is 76.0 Å². The van der Waals surface area contributed by atoms with Crippen molar-refractivity contribution in [2.45, 2.75) is 136 Å². The normalized spacial score (nSPS) is 17.0. The largest absolute Gasteiger partial charge is 0.445 e. The topological polar surface area (TPSA) is 251 Å². The third-order valence-corrected chi connectivity index (χ3v) is 13.0. The van der Waals surface area contributed by atoms with Gasteiger partial charge in [0, 0.05) is 53.5 Å². The molecule has 19 heteroatoms. The molecule has 9 atom stereocenters. The summed E-state index contributed by atoms with van der Waals surface area (Å²) in [5.74, 6) is -2.78. The summed E-state index contributed by atoms with van der Waals surface area (Å²) in [6, 6.07) is 12.8. The second kappa shape index (κ2) is 28.6. The molecule has 1 aliphatic rings. The number of hydrogen-bond donors (Lipinski definition) is 6. The summed E-state index contributed by atoms with van der Waals surface area (Å²) >= 11 is 0. The second-order valence-electron chi connectivity index (χ2n) is 18.4. The number of nitrogens with two attached hydrogens (primary N) is 1. The molecular formula is C50H78N8O11. The Morgan fingerprint density at radius 2 is 1.54 bits per heavy atom. The number of anilines is 1. The van der Waals surface area contributed by atoms with E-state index in [9.17, 15) is 38.7 Å². The molecule has 19 nitrogen and oxygen atoms in total. The Morgan fingerprint density at radius 3 is 2.13 bits per heavy atom. The molecule has 0 aliphatic carbocycles. The SMILES string of the molecule is CCC(C)C(C(CC(=O)N1CCCC1C(OC)C(C)C(=O)NC(C)C(O)c1ccccc1)OC)N(C)C(=O)CNC(=O)C(C(C)C)N(C)C(=O)OCc1ccc(NC(=O)CCCCNC(N)=O)cc1. The predicted molar refractivity (Wildman–Crippen MR) is 261 cm³/mol. The molecule has 0 aromatic heterocycles. The fourth-order valence-corrected chi connectivity index (χ4v) is 8.91. The molecule has 69 heavy (non-hydrogen) atoms. The molecule has 0 radical (unpaired) electrons. The van der Waals surface area contributed by atoms with Crippen LogP contribution in [0, 0.1) is 17.8 Å². The Hall–Kier alpha value is -5.79. The molecule has 2 aromatic carbocycles. The fraction of sp³-hybridized carbons (Fsp3) is 0.620. The first kappa shape index (κ1) is 57.5. The lowest BCUT2D eigenvalue weighted by atomic mass is 9.90. The summed E-state index contributed by atoms with van der Waals surface area (Å²) in [4.78, 5) is 96.0. The zero-order valence-corrected chi connectivity index (χ0v) is 42.2. The lowest BCUT2D eigenvalue weighted by molar-refractivity contribution is -0.146. The first-order chi connectivity index (χ1) is 32.7. The number of likely N-dealkylation sites (N-methyl/N-ethyl adjacent to an activating group) is 2. The lowest BCUT2D eigenvalue weighted by Gasteiger charge is -2.39. The van der Waals surface area contributed by atoms with E-state index in [0.29, 0.717) is 62.0 Å². The van der Waals surface area contributed by atoms with Crippen LogP contribution >= 0.6 is 0 Å². The summed E-state index contributed by atoms with van der Waals surface area (Å²) in [6.07, 6.45) is 0.386. The van der Waals surface area contributed by atoms with E-state index < -0.39 is 72.3 Å². The standard InChI is InChI=1S/C50H78N8O11/c1-11-32(4)44(39(67-9)28-41(60)58-27-17-20-38(58)46(68-10)33(5)47(63)54-34(6)45(62)36-18-13-12-14-19-36)56(7)42(61)29-53-48(64)43(31(2)3)57(8)50(66)69-30-35-22-24-37(25-23-35)55-40(59)21-15-16-26-52-49(51)65/h12-14,18-19,22-25,31-34,38-39,43-46,62H,11,15-17,20-21,26-30H2,1-10H3,(H,53,64)(H,54,63)(H,55,59)(H3,51,52,65). The highest BCUT2D eigenvalue weighted by atomic mass is 16.6. The maximum Gasteiger partial charge on any atom is 0.410 e. The number of aliphatic hydroxyl groups is 1. The lowest BCUT2D eigenvalue weighted by Crippen LogP contribution is -2.56. The highest BCUT2D eigenvalue weighted by Crippen LogP contribution is 2.30. The van der Waals surface area contributed by atoms with Crippen LogP contribution in [0.1, 0.15) is 104 Å². The van der Waals surface area contributed by atoms with Crippen molar-refractivity contribution < 1.29 is 52.9 Å². The molecular weight excluding hydrogens is 889 g/mol. The number of methoxy groups -OCH3 is 2. The van der Waals surface area contributed by atoms with Gasteiger partial charge in [0.1, 0.15) is 12.6 Å². The second-order valence-corrected chi connectivity index (χ2v) is 18.4. The van der Waals surface area contributed by atoms with Gasteiger partial charge in [-0.15, -0.1) is 0 Å². The number of unbranched alkanes of at least 4 members (excludes halogenated alkanes) is 1. The molecule has 1 heterocycles. The highest BCUT2D eigenvalue weighted by molar-refractivity contribution is 5.91. The van der Waals surface area contributed by atoms with Crippen molar-refractivity contribution in [2.24, 2.45) is 23.5 Å². The molecule has 0 spiro atoms. The van der Waals surface area contributed by atoms with E-state index in [-0.39, 0.29) is 55.6 Å². The van der Waals surface area contributed by atoms with Gasteiger partial charge in [0.05, 0.1) is 55.3 Å². The number of aliphatic hydroxyl groups excluding tert-OH is 1. The molecule has 1 fully saturated rings. The van der Waals surface area contributed by atoms with E-state index in [0.717, 1.165) is 0 Å². The number of carbonyl (C=O) groups is 7. The van der Waals surface area contributed by atoms with Gasteiger partial charge in [-0.05, 0) is 67.7 Å². The molecule has 9 unspecified atom stereocenters. The number of hydrogen-bond acceptors (Lipinski definition) is 11. The van der Waals surface area contributed by atoms with Crippen molar-refractivity contribution in [1.82, 2.24) is 30.7 Å². The van der Waals surface area contributed by atoms with Gasteiger partial charge in [-0.25, -0.2) is 9.59 Å².